The van der Waals surface area contributed by atoms with Crippen molar-refractivity contribution in [2.45, 2.75) is 39.2 Å². The van der Waals surface area contributed by atoms with Crippen molar-refractivity contribution in [1.29, 1.82) is 0 Å². The first-order valence-corrected chi connectivity index (χ1v) is 7.49. The molecule has 0 bridgehead atoms. The van der Waals surface area contributed by atoms with Crippen molar-refractivity contribution in [1.82, 2.24) is 4.90 Å². The van der Waals surface area contributed by atoms with Crippen LogP contribution in [0.4, 0.5) is 0 Å². The molecule has 1 saturated heterocycles. The lowest BCUT2D eigenvalue weighted by atomic mass is 9.96. The van der Waals surface area contributed by atoms with Crippen molar-refractivity contribution in [3.63, 3.8) is 0 Å². The molecule has 4 heteroatoms. The molecule has 1 atom stereocenters. The molecule has 1 aliphatic rings. The standard InChI is InChI=1S/C14H21NO2S/c1-3-12-4-5-13(18-12)10(2)15-8-6-11(7-9-15)14(16)17/h4-5,10-11H,3,6-9H2,1-2H3,(H,16,17). The number of nitrogens with zero attached hydrogens (tertiary/aromatic N) is 1. The van der Waals surface area contributed by atoms with Crippen LogP contribution in [0.1, 0.15) is 42.5 Å². The third kappa shape index (κ3) is 2.93. The van der Waals surface area contributed by atoms with Gasteiger partial charge >= 0.3 is 5.97 Å². The van der Waals surface area contributed by atoms with Gasteiger partial charge < -0.3 is 5.11 Å². The summed E-state index contributed by atoms with van der Waals surface area (Å²) in [5, 5.41) is 9.00. The van der Waals surface area contributed by atoms with Gasteiger partial charge in [-0.15, -0.1) is 11.3 Å². The summed E-state index contributed by atoms with van der Waals surface area (Å²) in [6.45, 7) is 6.21. The molecule has 2 heterocycles. The van der Waals surface area contributed by atoms with Crippen molar-refractivity contribution >= 4 is 17.3 Å². The van der Waals surface area contributed by atoms with Crippen LogP contribution >= 0.6 is 11.3 Å². The zero-order valence-electron chi connectivity index (χ0n) is 11.1. The van der Waals surface area contributed by atoms with Crippen LogP contribution < -0.4 is 0 Å². The quantitative estimate of drug-likeness (QED) is 0.911. The lowest BCUT2D eigenvalue weighted by Gasteiger charge is -2.34. The summed E-state index contributed by atoms with van der Waals surface area (Å²) in [4.78, 5) is 16.2. The number of aryl methyl sites for hydroxylation is 1. The molecule has 0 aliphatic carbocycles. The first-order chi connectivity index (χ1) is 8.61. The van der Waals surface area contributed by atoms with E-state index in [-0.39, 0.29) is 5.92 Å². The van der Waals surface area contributed by atoms with Gasteiger partial charge in [-0.3, -0.25) is 9.69 Å². The Balaban J connectivity index is 1.94. The molecule has 0 saturated carbocycles. The van der Waals surface area contributed by atoms with Crippen LogP contribution in [-0.2, 0) is 11.2 Å². The Morgan fingerprint density at radius 1 is 1.50 bits per heavy atom. The first-order valence-electron chi connectivity index (χ1n) is 6.67. The second-order valence-corrected chi connectivity index (χ2v) is 6.18. The van der Waals surface area contributed by atoms with Crippen molar-refractivity contribution in [2.24, 2.45) is 5.92 Å². The average molecular weight is 267 g/mol. The molecule has 1 aromatic heterocycles. The zero-order chi connectivity index (χ0) is 13.1. The Labute approximate surface area is 112 Å². The van der Waals surface area contributed by atoms with Crippen molar-refractivity contribution in [2.75, 3.05) is 13.1 Å². The number of thiophene rings is 1. The van der Waals surface area contributed by atoms with Crippen LogP contribution in [0.3, 0.4) is 0 Å². The van der Waals surface area contributed by atoms with Gasteiger partial charge in [0.1, 0.15) is 0 Å². The maximum Gasteiger partial charge on any atom is 0.306 e. The number of aliphatic carboxylic acids is 1. The molecule has 1 aromatic rings. The maximum absolute atomic E-state index is 10.9. The normalized spacial score (nSPS) is 19.9. The van der Waals surface area contributed by atoms with Gasteiger partial charge in [0.2, 0.25) is 0 Å². The van der Waals surface area contributed by atoms with E-state index in [9.17, 15) is 4.79 Å². The molecule has 3 nitrogen and oxygen atoms in total. The number of hydrogen-bond acceptors (Lipinski definition) is 3. The monoisotopic (exact) mass is 267 g/mol. The minimum Gasteiger partial charge on any atom is -0.481 e. The number of carbonyl (C=O) groups is 1. The van der Waals surface area contributed by atoms with Crippen LogP contribution in [0.5, 0.6) is 0 Å². The number of likely N-dealkylation sites (tertiary alicyclic amines) is 1. The molecule has 1 aliphatic heterocycles. The van der Waals surface area contributed by atoms with Crippen molar-refractivity contribution < 1.29 is 9.90 Å². The molecule has 2 rings (SSSR count). The molecule has 1 fully saturated rings. The minimum absolute atomic E-state index is 0.136. The second-order valence-electron chi connectivity index (χ2n) is 4.98. The molecule has 0 radical (unpaired) electrons. The molecule has 1 unspecified atom stereocenters. The fourth-order valence-electron chi connectivity index (χ4n) is 2.52. The van der Waals surface area contributed by atoms with E-state index >= 15 is 0 Å². The summed E-state index contributed by atoms with van der Waals surface area (Å²) in [5.74, 6) is -0.769. The van der Waals surface area contributed by atoms with Crippen LogP contribution in [0, 0.1) is 5.92 Å². The van der Waals surface area contributed by atoms with E-state index < -0.39 is 5.97 Å². The lowest BCUT2D eigenvalue weighted by Crippen LogP contribution is -2.37. The van der Waals surface area contributed by atoms with Gasteiger partial charge in [-0.05, 0) is 51.4 Å². The van der Waals surface area contributed by atoms with Gasteiger partial charge in [-0.2, -0.15) is 0 Å². The Morgan fingerprint density at radius 2 is 2.17 bits per heavy atom. The van der Waals surface area contributed by atoms with Crippen LogP contribution in [0.25, 0.3) is 0 Å². The van der Waals surface area contributed by atoms with Gasteiger partial charge in [0.05, 0.1) is 5.92 Å². The summed E-state index contributed by atoms with van der Waals surface area (Å²) in [5.41, 5.74) is 0. The summed E-state index contributed by atoms with van der Waals surface area (Å²) >= 11 is 1.88. The molecule has 0 spiro atoms. The average Bonchev–Trinajstić information content (AvgIpc) is 2.86. The summed E-state index contributed by atoms with van der Waals surface area (Å²) in [6, 6.07) is 4.85. The van der Waals surface area contributed by atoms with E-state index in [1.54, 1.807) is 0 Å². The smallest absolute Gasteiger partial charge is 0.306 e. The number of carboxylic acid groups (broad SMARTS) is 1. The molecular formula is C14H21NO2S. The van der Waals surface area contributed by atoms with E-state index in [0.717, 1.165) is 32.4 Å². The van der Waals surface area contributed by atoms with Crippen LogP contribution in [0.15, 0.2) is 12.1 Å². The Morgan fingerprint density at radius 3 is 2.67 bits per heavy atom. The first kappa shape index (κ1) is 13.6. The van der Waals surface area contributed by atoms with E-state index in [1.807, 2.05) is 11.3 Å². The Hall–Kier alpha value is -0.870. The SMILES string of the molecule is CCc1ccc(C(C)N2CCC(C(=O)O)CC2)s1. The fourth-order valence-corrected chi connectivity index (χ4v) is 3.56. The van der Waals surface area contributed by atoms with Crippen LogP contribution in [-0.4, -0.2) is 29.1 Å². The Kier molecular flexibility index (Phi) is 4.40. The molecule has 1 N–H and O–H groups in total. The van der Waals surface area contributed by atoms with E-state index in [2.05, 4.69) is 30.9 Å². The lowest BCUT2D eigenvalue weighted by molar-refractivity contribution is -0.143. The van der Waals surface area contributed by atoms with Gasteiger partial charge in [-0.25, -0.2) is 0 Å². The largest absolute Gasteiger partial charge is 0.481 e. The highest BCUT2D eigenvalue weighted by molar-refractivity contribution is 7.12. The number of carboxylic acids is 1. The third-order valence-corrected chi connectivity index (χ3v) is 5.27. The number of hydrogen-bond donors (Lipinski definition) is 1. The van der Waals surface area contributed by atoms with Gasteiger partial charge in [-0.1, -0.05) is 6.92 Å². The Bertz CT molecular complexity index is 408. The second kappa shape index (κ2) is 5.85. The number of rotatable bonds is 4. The minimum atomic E-state index is -0.633. The van der Waals surface area contributed by atoms with E-state index in [0.29, 0.717) is 6.04 Å². The van der Waals surface area contributed by atoms with Gasteiger partial charge in [0, 0.05) is 15.8 Å². The van der Waals surface area contributed by atoms with Crippen molar-refractivity contribution in [3.8, 4) is 0 Å². The highest BCUT2D eigenvalue weighted by Gasteiger charge is 2.27. The summed E-state index contributed by atoms with van der Waals surface area (Å²) in [6.07, 6.45) is 2.66. The zero-order valence-corrected chi connectivity index (χ0v) is 11.9. The van der Waals surface area contributed by atoms with Gasteiger partial charge in [0.25, 0.3) is 0 Å². The molecule has 0 amide bonds. The predicted molar refractivity (Wildman–Crippen MR) is 74.0 cm³/mol. The third-order valence-electron chi connectivity index (χ3n) is 3.87. The molecule has 18 heavy (non-hydrogen) atoms. The summed E-state index contributed by atoms with van der Waals surface area (Å²) < 4.78 is 0. The van der Waals surface area contributed by atoms with Gasteiger partial charge in [0.15, 0.2) is 0 Å². The highest BCUT2D eigenvalue weighted by atomic mass is 32.1. The molecule has 0 aromatic carbocycles. The highest BCUT2D eigenvalue weighted by Crippen LogP contribution is 2.31. The topological polar surface area (TPSA) is 40.5 Å². The fraction of sp³-hybridized carbons (Fsp3) is 0.643. The van der Waals surface area contributed by atoms with Crippen LogP contribution in [0.2, 0.25) is 0 Å². The summed E-state index contributed by atoms with van der Waals surface area (Å²) in [7, 11) is 0. The predicted octanol–water partition coefficient (Wildman–Crippen LogP) is 3.17. The molecular weight excluding hydrogens is 246 g/mol. The maximum atomic E-state index is 10.9. The van der Waals surface area contributed by atoms with E-state index in [1.165, 1.54) is 9.75 Å². The van der Waals surface area contributed by atoms with Crippen molar-refractivity contribution in [3.05, 3.63) is 21.9 Å². The van der Waals surface area contributed by atoms with E-state index in [4.69, 9.17) is 5.11 Å². The molecule has 100 valence electrons. The number of piperidine rings is 1.